The summed E-state index contributed by atoms with van der Waals surface area (Å²) in [5.74, 6) is -0.960. The van der Waals surface area contributed by atoms with Gasteiger partial charge < -0.3 is 9.84 Å². The maximum absolute atomic E-state index is 10.9. The fraction of sp³-hybridized carbons (Fsp3) is 0.200. The topological polar surface area (TPSA) is 63.6 Å². The quantitative estimate of drug-likeness (QED) is 0.741. The van der Waals surface area contributed by atoms with Crippen LogP contribution in [0.3, 0.4) is 0 Å². The molecule has 0 spiro atoms. The molecular weight excluding hydrogens is 184 g/mol. The summed E-state index contributed by atoms with van der Waals surface area (Å²) in [5, 5.41) is 8.89. The van der Waals surface area contributed by atoms with Crippen LogP contribution >= 0.6 is 0 Å². The zero-order valence-corrected chi connectivity index (χ0v) is 7.90. The highest BCUT2D eigenvalue weighted by Crippen LogP contribution is 2.23. The molecule has 0 aromatic heterocycles. The number of carboxylic acids is 1. The molecule has 1 rings (SSSR count). The molecule has 0 aliphatic heterocycles. The average molecular weight is 194 g/mol. The van der Waals surface area contributed by atoms with Gasteiger partial charge in [-0.25, -0.2) is 4.79 Å². The molecule has 14 heavy (non-hydrogen) atoms. The van der Waals surface area contributed by atoms with Crippen LogP contribution in [0.25, 0.3) is 0 Å². The molecule has 0 saturated heterocycles. The van der Waals surface area contributed by atoms with Crippen molar-refractivity contribution in [2.24, 2.45) is 0 Å². The molecule has 4 nitrogen and oxygen atoms in total. The summed E-state index contributed by atoms with van der Waals surface area (Å²) in [7, 11) is 1.37. The summed E-state index contributed by atoms with van der Waals surface area (Å²) in [6, 6.07) is 3.18. The zero-order valence-electron chi connectivity index (χ0n) is 7.90. The van der Waals surface area contributed by atoms with Crippen molar-refractivity contribution in [1.29, 1.82) is 0 Å². The zero-order chi connectivity index (χ0) is 10.7. The maximum Gasteiger partial charge on any atom is 0.340 e. The second-order valence-corrected chi connectivity index (χ2v) is 2.80. The summed E-state index contributed by atoms with van der Waals surface area (Å²) in [5.41, 5.74) is 0.706. The minimum Gasteiger partial charge on any atom is -0.496 e. The molecule has 1 aromatic carbocycles. The van der Waals surface area contributed by atoms with Crippen molar-refractivity contribution in [3.05, 3.63) is 28.8 Å². The fourth-order valence-corrected chi connectivity index (χ4v) is 1.25. The number of carbonyl (C=O) groups is 2. The van der Waals surface area contributed by atoms with E-state index in [0.717, 1.165) is 0 Å². The van der Waals surface area contributed by atoms with Crippen molar-refractivity contribution in [1.82, 2.24) is 0 Å². The Kier molecular flexibility index (Phi) is 2.86. The van der Waals surface area contributed by atoms with Crippen LogP contribution in [-0.2, 0) is 0 Å². The van der Waals surface area contributed by atoms with Gasteiger partial charge in [-0.2, -0.15) is 0 Å². The largest absolute Gasteiger partial charge is 0.496 e. The Labute approximate surface area is 81.1 Å². The molecule has 0 atom stereocenters. The van der Waals surface area contributed by atoms with Crippen LogP contribution in [0.2, 0.25) is 0 Å². The first-order valence-corrected chi connectivity index (χ1v) is 3.98. The van der Waals surface area contributed by atoms with E-state index in [1.165, 1.54) is 13.2 Å². The molecule has 0 heterocycles. The van der Waals surface area contributed by atoms with Gasteiger partial charge in [0.2, 0.25) is 0 Å². The third-order valence-corrected chi connectivity index (χ3v) is 1.98. The third kappa shape index (κ3) is 1.59. The number of aldehydes is 1. The molecule has 4 heteroatoms. The van der Waals surface area contributed by atoms with Gasteiger partial charge in [0.1, 0.15) is 11.3 Å². The second kappa shape index (κ2) is 3.91. The highest BCUT2D eigenvalue weighted by atomic mass is 16.5. The van der Waals surface area contributed by atoms with E-state index in [1.54, 1.807) is 13.0 Å². The molecule has 74 valence electrons. The molecule has 0 amide bonds. The minimum atomic E-state index is -1.16. The first-order chi connectivity index (χ1) is 6.61. The van der Waals surface area contributed by atoms with E-state index in [2.05, 4.69) is 0 Å². The number of aryl methyl sites for hydroxylation is 1. The van der Waals surface area contributed by atoms with Crippen LogP contribution in [0.15, 0.2) is 12.1 Å². The van der Waals surface area contributed by atoms with Crippen LogP contribution in [0.5, 0.6) is 5.75 Å². The lowest BCUT2D eigenvalue weighted by molar-refractivity contribution is 0.0690. The molecule has 0 bridgehead atoms. The molecule has 0 saturated carbocycles. The Morgan fingerprint density at radius 1 is 1.50 bits per heavy atom. The van der Waals surface area contributed by atoms with Crippen LogP contribution in [0.1, 0.15) is 26.3 Å². The van der Waals surface area contributed by atoms with Crippen molar-refractivity contribution in [3.63, 3.8) is 0 Å². The fourth-order valence-electron chi connectivity index (χ4n) is 1.25. The monoisotopic (exact) mass is 194 g/mol. The van der Waals surface area contributed by atoms with Crippen LogP contribution in [0, 0.1) is 6.92 Å². The summed E-state index contributed by atoms with van der Waals surface area (Å²) in [6.45, 7) is 1.68. The van der Waals surface area contributed by atoms with E-state index in [0.29, 0.717) is 11.8 Å². The lowest BCUT2D eigenvalue weighted by Crippen LogP contribution is -2.06. The van der Waals surface area contributed by atoms with Crippen molar-refractivity contribution >= 4 is 12.3 Å². The highest BCUT2D eigenvalue weighted by molar-refractivity contribution is 6.00. The lowest BCUT2D eigenvalue weighted by Gasteiger charge is -2.08. The number of hydrogen-bond donors (Lipinski definition) is 1. The van der Waals surface area contributed by atoms with Crippen molar-refractivity contribution in [3.8, 4) is 5.75 Å². The lowest BCUT2D eigenvalue weighted by atomic mass is 10.0. The van der Waals surface area contributed by atoms with E-state index in [-0.39, 0.29) is 16.9 Å². The number of ether oxygens (including phenoxy) is 1. The van der Waals surface area contributed by atoms with Gasteiger partial charge in [-0.1, -0.05) is 6.07 Å². The van der Waals surface area contributed by atoms with E-state index in [4.69, 9.17) is 9.84 Å². The number of methoxy groups -OCH3 is 1. The Balaban J connectivity index is 3.51. The van der Waals surface area contributed by atoms with E-state index in [9.17, 15) is 9.59 Å². The summed E-state index contributed by atoms with van der Waals surface area (Å²) >= 11 is 0. The SMILES string of the molecule is COc1ccc(C)c(C=O)c1C(=O)O. The molecular formula is C10H10O4. The predicted molar refractivity (Wildman–Crippen MR) is 50.1 cm³/mol. The summed E-state index contributed by atoms with van der Waals surface area (Å²) in [4.78, 5) is 21.6. The second-order valence-electron chi connectivity index (χ2n) is 2.80. The Morgan fingerprint density at radius 2 is 2.14 bits per heavy atom. The van der Waals surface area contributed by atoms with Gasteiger partial charge >= 0.3 is 5.97 Å². The number of carbonyl (C=O) groups excluding carboxylic acids is 1. The normalized spacial score (nSPS) is 9.57. The molecule has 0 aliphatic rings. The van der Waals surface area contributed by atoms with Gasteiger partial charge in [0.25, 0.3) is 0 Å². The Bertz CT molecular complexity index is 382. The van der Waals surface area contributed by atoms with E-state index in [1.807, 2.05) is 0 Å². The molecule has 0 aliphatic carbocycles. The first-order valence-electron chi connectivity index (χ1n) is 3.98. The van der Waals surface area contributed by atoms with E-state index >= 15 is 0 Å². The third-order valence-electron chi connectivity index (χ3n) is 1.98. The average Bonchev–Trinajstić information content (AvgIpc) is 2.17. The van der Waals surface area contributed by atoms with Crippen molar-refractivity contribution < 1.29 is 19.4 Å². The molecule has 0 radical (unpaired) electrons. The van der Waals surface area contributed by atoms with Gasteiger partial charge in [0.05, 0.1) is 7.11 Å². The van der Waals surface area contributed by atoms with Gasteiger partial charge in [0, 0.05) is 5.56 Å². The molecule has 1 aromatic rings. The maximum atomic E-state index is 10.9. The summed E-state index contributed by atoms with van der Waals surface area (Å²) in [6.07, 6.45) is 0.529. The smallest absolute Gasteiger partial charge is 0.340 e. The van der Waals surface area contributed by atoms with Gasteiger partial charge in [-0.05, 0) is 18.6 Å². The van der Waals surface area contributed by atoms with Crippen molar-refractivity contribution in [2.75, 3.05) is 7.11 Å². The van der Waals surface area contributed by atoms with Gasteiger partial charge in [0.15, 0.2) is 6.29 Å². The molecule has 0 fully saturated rings. The number of carboxylic acid groups (broad SMARTS) is 1. The van der Waals surface area contributed by atoms with Crippen molar-refractivity contribution in [2.45, 2.75) is 6.92 Å². The standard InChI is InChI=1S/C10H10O4/c1-6-3-4-8(14-2)9(10(12)13)7(6)5-11/h3-5H,1-2H3,(H,12,13). The van der Waals surface area contributed by atoms with Gasteiger partial charge in [-0.3, -0.25) is 4.79 Å². The highest BCUT2D eigenvalue weighted by Gasteiger charge is 2.17. The minimum absolute atomic E-state index is 0.0810. The van der Waals surface area contributed by atoms with Crippen LogP contribution in [-0.4, -0.2) is 24.5 Å². The van der Waals surface area contributed by atoms with Crippen LogP contribution in [0.4, 0.5) is 0 Å². The predicted octanol–water partition coefficient (Wildman–Crippen LogP) is 1.51. The number of aromatic carboxylic acids is 1. The van der Waals surface area contributed by atoms with E-state index < -0.39 is 5.97 Å². The number of benzene rings is 1. The molecule has 0 unspecified atom stereocenters. The number of hydrogen-bond acceptors (Lipinski definition) is 3. The first kappa shape index (κ1) is 10.2. The molecule has 1 N–H and O–H groups in total. The van der Waals surface area contributed by atoms with Gasteiger partial charge in [-0.15, -0.1) is 0 Å². The Morgan fingerprint density at radius 3 is 2.57 bits per heavy atom. The van der Waals surface area contributed by atoms with Crippen LogP contribution < -0.4 is 4.74 Å². The number of rotatable bonds is 3. The Hall–Kier alpha value is -1.84. The summed E-state index contributed by atoms with van der Waals surface area (Å²) < 4.78 is 4.86.